The lowest BCUT2D eigenvalue weighted by atomic mass is 10.0. The first-order valence-corrected chi connectivity index (χ1v) is 8.47. The van der Waals surface area contributed by atoms with Crippen LogP contribution in [-0.4, -0.2) is 25.7 Å². The van der Waals surface area contributed by atoms with Gasteiger partial charge in [-0.2, -0.15) is 8.78 Å². The predicted octanol–water partition coefficient (Wildman–Crippen LogP) is 4.15. The summed E-state index contributed by atoms with van der Waals surface area (Å²) in [6, 6.07) is 14.0. The largest absolute Gasteiger partial charge is 0.484 e. The van der Waals surface area contributed by atoms with Gasteiger partial charge < -0.3 is 14.8 Å². The van der Waals surface area contributed by atoms with E-state index in [-0.39, 0.29) is 18.3 Å². The second kappa shape index (κ2) is 9.75. The highest BCUT2D eigenvalue weighted by Crippen LogP contribution is 2.18. The minimum absolute atomic E-state index is 0.0534. The maximum Gasteiger partial charge on any atom is 0.387 e. The fraction of sp³-hybridized carbons (Fsp3) is 0.350. The molecular formula is C20H23F2NO3. The molecule has 0 bridgehead atoms. The second-order valence-corrected chi connectivity index (χ2v) is 6.13. The van der Waals surface area contributed by atoms with Gasteiger partial charge in [0.1, 0.15) is 11.5 Å². The van der Waals surface area contributed by atoms with Crippen molar-refractivity contribution in [3.63, 3.8) is 0 Å². The Hall–Kier alpha value is -2.63. The molecule has 4 nitrogen and oxygen atoms in total. The van der Waals surface area contributed by atoms with Crippen LogP contribution < -0.4 is 14.8 Å². The Bertz CT molecular complexity index is 685. The number of rotatable bonds is 9. The quantitative estimate of drug-likeness (QED) is 0.728. The molecule has 0 aliphatic rings. The smallest absolute Gasteiger partial charge is 0.387 e. The van der Waals surface area contributed by atoms with Crippen LogP contribution in [0.25, 0.3) is 0 Å². The van der Waals surface area contributed by atoms with Crippen LogP contribution in [0.4, 0.5) is 8.78 Å². The zero-order valence-electron chi connectivity index (χ0n) is 14.9. The lowest BCUT2D eigenvalue weighted by molar-refractivity contribution is -0.123. The Kier molecular flexibility index (Phi) is 7.38. The number of hydrogen-bond acceptors (Lipinski definition) is 3. The first kappa shape index (κ1) is 19.7. The van der Waals surface area contributed by atoms with Gasteiger partial charge in [-0.1, -0.05) is 38.1 Å². The molecule has 0 fully saturated rings. The Morgan fingerprint density at radius 2 is 1.62 bits per heavy atom. The molecule has 0 aromatic heterocycles. The summed E-state index contributed by atoms with van der Waals surface area (Å²) in [5, 5.41) is 2.76. The summed E-state index contributed by atoms with van der Waals surface area (Å²) in [5.74, 6) is 1.00. The van der Waals surface area contributed by atoms with E-state index < -0.39 is 6.61 Å². The minimum atomic E-state index is -2.83. The average molecular weight is 363 g/mol. The molecule has 140 valence electrons. The Morgan fingerprint density at radius 1 is 1.00 bits per heavy atom. The summed E-state index contributed by atoms with van der Waals surface area (Å²) < 4.78 is 33.9. The van der Waals surface area contributed by atoms with E-state index in [0.29, 0.717) is 24.6 Å². The van der Waals surface area contributed by atoms with E-state index in [2.05, 4.69) is 23.9 Å². The van der Waals surface area contributed by atoms with Gasteiger partial charge >= 0.3 is 6.61 Å². The molecule has 26 heavy (non-hydrogen) atoms. The molecule has 0 aliphatic carbocycles. The molecule has 0 radical (unpaired) electrons. The third-order valence-corrected chi connectivity index (χ3v) is 3.80. The number of hydrogen-bond donors (Lipinski definition) is 1. The average Bonchev–Trinajstić information content (AvgIpc) is 2.61. The molecule has 2 rings (SSSR count). The van der Waals surface area contributed by atoms with Gasteiger partial charge in [-0.05, 0) is 47.7 Å². The summed E-state index contributed by atoms with van der Waals surface area (Å²) in [6.07, 6.45) is 0.587. The van der Waals surface area contributed by atoms with Crippen molar-refractivity contribution in [2.45, 2.75) is 32.8 Å². The van der Waals surface area contributed by atoms with Gasteiger partial charge in [-0.3, -0.25) is 4.79 Å². The van der Waals surface area contributed by atoms with Crippen LogP contribution in [0.5, 0.6) is 11.5 Å². The molecule has 0 unspecified atom stereocenters. The normalized spacial score (nSPS) is 10.8. The van der Waals surface area contributed by atoms with Crippen molar-refractivity contribution in [3.05, 3.63) is 59.7 Å². The summed E-state index contributed by atoms with van der Waals surface area (Å²) in [7, 11) is 0. The molecule has 0 saturated heterocycles. The predicted molar refractivity (Wildman–Crippen MR) is 95.8 cm³/mol. The van der Waals surface area contributed by atoms with Crippen LogP contribution in [0.15, 0.2) is 48.5 Å². The van der Waals surface area contributed by atoms with E-state index in [0.717, 1.165) is 5.56 Å². The lowest BCUT2D eigenvalue weighted by Gasteiger charge is -2.10. The number of ether oxygens (including phenoxy) is 2. The topological polar surface area (TPSA) is 47.6 Å². The van der Waals surface area contributed by atoms with Crippen molar-refractivity contribution in [1.29, 1.82) is 0 Å². The molecular weight excluding hydrogens is 340 g/mol. The Labute approximate surface area is 152 Å². The van der Waals surface area contributed by atoms with E-state index in [4.69, 9.17) is 4.74 Å². The summed E-state index contributed by atoms with van der Waals surface area (Å²) in [4.78, 5) is 11.8. The summed E-state index contributed by atoms with van der Waals surface area (Å²) in [6.45, 7) is 1.78. The highest BCUT2D eigenvalue weighted by molar-refractivity contribution is 5.77. The highest BCUT2D eigenvalue weighted by Gasteiger charge is 2.05. The molecule has 0 heterocycles. The van der Waals surface area contributed by atoms with Crippen LogP contribution in [0.1, 0.15) is 30.9 Å². The van der Waals surface area contributed by atoms with E-state index in [1.54, 1.807) is 12.1 Å². The van der Waals surface area contributed by atoms with Crippen LogP contribution in [0.2, 0.25) is 0 Å². The van der Waals surface area contributed by atoms with Crippen molar-refractivity contribution >= 4 is 5.91 Å². The molecule has 0 atom stereocenters. The first-order valence-electron chi connectivity index (χ1n) is 8.47. The van der Waals surface area contributed by atoms with Crippen LogP contribution in [0.3, 0.4) is 0 Å². The third kappa shape index (κ3) is 6.70. The lowest BCUT2D eigenvalue weighted by Crippen LogP contribution is -2.30. The van der Waals surface area contributed by atoms with Gasteiger partial charge in [0.05, 0.1) is 0 Å². The van der Waals surface area contributed by atoms with Gasteiger partial charge in [0, 0.05) is 6.54 Å². The fourth-order valence-corrected chi connectivity index (χ4v) is 2.33. The molecule has 0 spiro atoms. The number of carbonyl (C=O) groups excluding carboxylic acids is 1. The standard InChI is InChI=1S/C20H23F2NO3/c1-14(2)16-5-9-17(10-6-16)25-13-19(24)23-12-11-15-3-7-18(8-4-15)26-20(21)22/h3-10,14,20H,11-13H2,1-2H3,(H,23,24). The molecule has 2 aromatic carbocycles. The highest BCUT2D eigenvalue weighted by atomic mass is 19.3. The Morgan fingerprint density at radius 3 is 2.19 bits per heavy atom. The summed E-state index contributed by atoms with van der Waals surface area (Å²) in [5.41, 5.74) is 2.13. The number of carbonyl (C=O) groups is 1. The van der Waals surface area contributed by atoms with Gasteiger partial charge in [0.25, 0.3) is 5.91 Å². The number of halogens is 2. The van der Waals surface area contributed by atoms with Crippen LogP contribution in [-0.2, 0) is 11.2 Å². The van der Waals surface area contributed by atoms with Crippen molar-refractivity contribution in [2.24, 2.45) is 0 Å². The van der Waals surface area contributed by atoms with E-state index in [9.17, 15) is 13.6 Å². The minimum Gasteiger partial charge on any atom is -0.484 e. The van der Waals surface area contributed by atoms with Crippen molar-refractivity contribution in [3.8, 4) is 11.5 Å². The molecule has 1 amide bonds. The fourth-order valence-electron chi connectivity index (χ4n) is 2.33. The Balaban J connectivity index is 1.68. The maximum absolute atomic E-state index is 12.1. The molecule has 0 aliphatic heterocycles. The number of benzene rings is 2. The van der Waals surface area contributed by atoms with E-state index in [1.807, 2.05) is 24.3 Å². The molecule has 2 aromatic rings. The second-order valence-electron chi connectivity index (χ2n) is 6.13. The van der Waals surface area contributed by atoms with Gasteiger partial charge in [-0.25, -0.2) is 0 Å². The zero-order chi connectivity index (χ0) is 18.9. The van der Waals surface area contributed by atoms with E-state index >= 15 is 0 Å². The number of alkyl halides is 2. The molecule has 6 heteroatoms. The van der Waals surface area contributed by atoms with Gasteiger partial charge in [-0.15, -0.1) is 0 Å². The maximum atomic E-state index is 12.1. The zero-order valence-corrected chi connectivity index (χ0v) is 14.9. The number of nitrogens with one attached hydrogen (secondary N) is 1. The monoisotopic (exact) mass is 363 g/mol. The molecule has 0 saturated carbocycles. The van der Waals surface area contributed by atoms with Crippen molar-refractivity contribution < 1.29 is 23.0 Å². The van der Waals surface area contributed by atoms with Crippen LogP contribution in [0, 0.1) is 0 Å². The van der Waals surface area contributed by atoms with Crippen molar-refractivity contribution in [1.82, 2.24) is 5.32 Å². The first-order chi connectivity index (χ1) is 12.4. The van der Waals surface area contributed by atoms with Gasteiger partial charge in [0.15, 0.2) is 6.61 Å². The van der Waals surface area contributed by atoms with Gasteiger partial charge in [0.2, 0.25) is 0 Å². The molecule has 1 N–H and O–H groups in total. The third-order valence-electron chi connectivity index (χ3n) is 3.80. The van der Waals surface area contributed by atoms with Crippen LogP contribution >= 0.6 is 0 Å². The summed E-state index contributed by atoms with van der Waals surface area (Å²) >= 11 is 0. The SMILES string of the molecule is CC(C)c1ccc(OCC(=O)NCCc2ccc(OC(F)F)cc2)cc1. The van der Waals surface area contributed by atoms with E-state index in [1.165, 1.54) is 17.7 Å². The van der Waals surface area contributed by atoms with Crippen molar-refractivity contribution in [2.75, 3.05) is 13.2 Å². The number of amides is 1.